The Kier molecular flexibility index (Phi) is 8.84. The molecule has 0 aliphatic rings. The van der Waals surface area contributed by atoms with Gasteiger partial charge in [-0.3, -0.25) is 0 Å². The van der Waals surface area contributed by atoms with E-state index in [9.17, 15) is 9.82 Å². The molecule has 6 heteroatoms. The number of hydrogen-bond acceptors (Lipinski definition) is 3. The summed E-state index contributed by atoms with van der Waals surface area (Å²) in [4.78, 5) is 12.4. The molecule has 0 fully saturated rings. The van der Waals surface area contributed by atoms with E-state index in [0.717, 1.165) is 12.6 Å². The van der Waals surface area contributed by atoms with Crippen molar-refractivity contribution in [1.82, 2.24) is 10.5 Å². The first-order valence-electron chi connectivity index (χ1n) is 11.0. The molecule has 0 unspecified atom stereocenters. The number of nitrogens with one attached hydrogen (secondary N) is 2. The van der Waals surface area contributed by atoms with Crippen molar-refractivity contribution in [2.24, 2.45) is 0 Å². The molecule has 3 rings (SSSR count). The molecule has 162 valence electrons. The maximum atomic E-state index is 12.4. The average Bonchev–Trinajstić information content (AvgIpc) is 2.81. The molecule has 31 heavy (non-hydrogen) atoms. The number of benzene rings is 3. The van der Waals surface area contributed by atoms with Crippen molar-refractivity contribution < 1.29 is 9.82 Å². The summed E-state index contributed by atoms with van der Waals surface area (Å²) in [7, 11) is -2.83. The van der Waals surface area contributed by atoms with Crippen LogP contribution in [-0.4, -0.2) is 37.2 Å². The number of carbonyl (C=O) groups excluding carboxylic acids is 1. The van der Waals surface area contributed by atoms with E-state index in [0.29, 0.717) is 19.5 Å². The normalized spacial score (nSPS) is 11.7. The van der Waals surface area contributed by atoms with Crippen LogP contribution in [0, 0.1) is 0 Å². The summed E-state index contributed by atoms with van der Waals surface area (Å²) >= 11 is 0. The molecule has 0 radical (unpaired) electrons. The van der Waals surface area contributed by atoms with Crippen LogP contribution in [0.15, 0.2) is 91.0 Å². The predicted octanol–water partition coefficient (Wildman–Crippen LogP) is 2.31. The molecule has 4 nitrogen and oxygen atoms in total. The van der Waals surface area contributed by atoms with Gasteiger partial charge in [-0.05, 0) is 0 Å². The average molecular weight is 434 g/mol. The maximum absolute atomic E-state index is 12.4. The van der Waals surface area contributed by atoms with E-state index in [2.05, 4.69) is 102 Å². The Labute approximate surface area is 186 Å². The molecule has 0 aliphatic carbocycles. The Morgan fingerprint density at radius 2 is 1.26 bits per heavy atom. The van der Waals surface area contributed by atoms with E-state index in [1.807, 2.05) is 0 Å². The van der Waals surface area contributed by atoms with E-state index in [-0.39, 0.29) is 5.91 Å². The molecule has 0 spiro atoms. The second kappa shape index (κ2) is 11.8. The van der Waals surface area contributed by atoms with Gasteiger partial charge in [0.15, 0.2) is 0 Å². The fourth-order valence-electron chi connectivity index (χ4n) is 4.19. The van der Waals surface area contributed by atoms with Gasteiger partial charge in [0.25, 0.3) is 0 Å². The van der Waals surface area contributed by atoms with E-state index >= 15 is 0 Å². The van der Waals surface area contributed by atoms with E-state index in [1.165, 1.54) is 15.9 Å². The second-order valence-corrected chi connectivity index (χ2v) is 11.9. The fraction of sp³-hybridized carbons (Fsp3) is 0.240. The van der Waals surface area contributed by atoms with Crippen molar-refractivity contribution in [3.05, 3.63) is 91.0 Å². The van der Waals surface area contributed by atoms with Crippen LogP contribution in [0.1, 0.15) is 12.8 Å². The van der Waals surface area contributed by atoms with Crippen LogP contribution < -0.4 is 26.5 Å². The van der Waals surface area contributed by atoms with Gasteiger partial charge in [0, 0.05) is 0 Å². The molecule has 3 N–H and O–H groups in total. The van der Waals surface area contributed by atoms with Crippen molar-refractivity contribution in [3.8, 4) is 0 Å². The molecule has 1 amide bonds. The van der Waals surface area contributed by atoms with E-state index < -0.39 is 14.3 Å². The van der Waals surface area contributed by atoms with Crippen molar-refractivity contribution in [2.45, 2.75) is 19.7 Å². The van der Waals surface area contributed by atoms with Gasteiger partial charge in [-0.25, -0.2) is 0 Å². The van der Waals surface area contributed by atoms with E-state index in [4.69, 9.17) is 0 Å². The Morgan fingerprint density at radius 1 is 0.806 bits per heavy atom. The molecular formula is C25H32BN2O2P. The number of amides is 1. The van der Waals surface area contributed by atoms with Crippen LogP contribution in [0.25, 0.3) is 0 Å². The third-order valence-electron chi connectivity index (χ3n) is 5.64. The van der Waals surface area contributed by atoms with Crippen molar-refractivity contribution >= 4 is 36.1 Å². The first-order valence-corrected chi connectivity index (χ1v) is 13.2. The second-order valence-electron chi connectivity index (χ2n) is 7.84. The Bertz CT molecular complexity index is 827. The molecule has 0 saturated heterocycles. The van der Waals surface area contributed by atoms with Crippen molar-refractivity contribution in [1.29, 1.82) is 0 Å². The first kappa shape index (κ1) is 23.2. The first-order chi connectivity index (χ1) is 15.1. The van der Waals surface area contributed by atoms with Gasteiger partial charge in [-0.2, -0.15) is 0 Å². The third-order valence-corrected chi connectivity index (χ3v) is 10.7. The fourth-order valence-corrected chi connectivity index (χ4v) is 9.04. The summed E-state index contributed by atoms with van der Waals surface area (Å²) in [5, 5.41) is 19.2. The van der Waals surface area contributed by atoms with Crippen LogP contribution in [0.2, 0.25) is 6.82 Å². The van der Waals surface area contributed by atoms with E-state index in [1.54, 1.807) is 6.82 Å². The number of rotatable bonds is 11. The zero-order valence-electron chi connectivity index (χ0n) is 18.1. The van der Waals surface area contributed by atoms with Gasteiger partial charge >= 0.3 is 186 Å². The van der Waals surface area contributed by atoms with Crippen LogP contribution in [0.4, 0.5) is 0 Å². The topological polar surface area (TPSA) is 61.4 Å². The van der Waals surface area contributed by atoms with Gasteiger partial charge in [0.05, 0.1) is 0 Å². The Hall–Kier alpha value is -2.46. The Morgan fingerprint density at radius 3 is 1.68 bits per heavy atom. The predicted molar refractivity (Wildman–Crippen MR) is 135 cm³/mol. The SMILES string of the molecule is CB(O)NCCNC(=O)CCC[PH](c1ccccc1)(c1ccccc1)c1ccccc1. The van der Waals surface area contributed by atoms with Crippen LogP contribution >= 0.6 is 7.26 Å². The minimum absolute atomic E-state index is 0.0597. The van der Waals surface area contributed by atoms with Crippen LogP contribution in [0.3, 0.4) is 0 Å². The summed E-state index contributed by atoms with van der Waals surface area (Å²) in [6.07, 6.45) is 2.28. The quantitative estimate of drug-likeness (QED) is 0.247. The summed E-state index contributed by atoms with van der Waals surface area (Å²) < 4.78 is 0. The summed E-state index contributed by atoms with van der Waals surface area (Å²) in [6, 6.07) is 32.3. The number of hydrogen-bond donors (Lipinski definition) is 3. The molecule has 0 saturated carbocycles. The van der Waals surface area contributed by atoms with Gasteiger partial charge in [-0.1, -0.05) is 0 Å². The summed E-state index contributed by atoms with van der Waals surface area (Å²) in [5.41, 5.74) is 0. The van der Waals surface area contributed by atoms with Gasteiger partial charge in [-0.15, -0.1) is 0 Å². The Balaban J connectivity index is 1.82. The molecule has 0 heterocycles. The number of carbonyl (C=O) groups is 1. The zero-order chi connectivity index (χ0) is 21.9. The summed E-state index contributed by atoms with van der Waals surface area (Å²) in [6.45, 7) is 2.74. The molecule has 0 aromatic heterocycles. The molecule has 0 aliphatic heterocycles. The molecule has 0 atom stereocenters. The molecule has 0 bridgehead atoms. The standard InChI is InChI=1S/C25H32BN2O2P/c1-26(30)28-20-19-27-25(29)18-11-21-31(22-12-5-2-6-13-22,23-14-7-3-8-15-23)24-16-9-4-10-17-24/h2-10,12-17,28,30-31H,11,18-21H2,1H3,(H,27,29). The van der Waals surface area contributed by atoms with Crippen molar-refractivity contribution in [2.75, 3.05) is 19.3 Å². The van der Waals surface area contributed by atoms with Crippen molar-refractivity contribution in [3.63, 3.8) is 0 Å². The minimum atomic E-state index is -2.27. The monoisotopic (exact) mass is 434 g/mol. The molecule has 3 aromatic carbocycles. The van der Waals surface area contributed by atoms with Gasteiger partial charge in [0.2, 0.25) is 0 Å². The summed E-state index contributed by atoms with van der Waals surface area (Å²) in [5.74, 6) is 0.0597. The van der Waals surface area contributed by atoms with Gasteiger partial charge in [0.1, 0.15) is 0 Å². The van der Waals surface area contributed by atoms with Gasteiger partial charge < -0.3 is 0 Å². The van der Waals surface area contributed by atoms with Crippen LogP contribution in [0.5, 0.6) is 0 Å². The third kappa shape index (κ3) is 6.27. The zero-order valence-corrected chi connectivity index (χ0v) is 19.1. The molecular weight excluding hydrogens is 402 g/mol. The van der Waals surface area contributed by atoms with Crippen LogP contribution in [-0.2, 0) is 4.79 Å². The molecule has 3 aromatic rings.